The van der Waals surface area contributed by atoms with E-state index in [0.717, 1.165) is 29.0 Å². The van der Waals surface area contributed by atoms with Crippen LogP contribution in [0, 0.1) is 0 Å². The van der Waals surface area contributed by atoms with Gasteiger partial charge in [0.2, 0.25) is 5.91 Å². The van der Waals surface area contributed by atoms with Gasteiger partial charge in [-0.3, -0.25) is 4.79 Å². The van der Waals surface area contributed by atoms with E-state index in [1.165, 1.54) is 0 Å². The number of benzene rings is 2. The van der Waals surface area contributed by atoms with E-state index >= 15 is 0 Å². The third-order valence-electron chi connectivity index (χ3n) is 3.96. The van der Waals surface area contributed by atoms with E-state index in [0.29, 0.717) is 6.42 Å². The first-order chi connectivity index (χ1) is 9.70. The van der Waals surface area contributed by atoms with Crippen LogP contribution in [-0.4, -0.2) is 5.91 Å². The summed E-state index contributed by atoms with van der Waals surface area (Å²) in [4.78, 5) is 12.4. The van der Waals surface area contributed by atoms with Crippen LogP contribution in [0.2, 0.25) is 0 Å². The summed E-state index contributed by atoms with van der Waals surface area (Å²) in [6, 6.07) is 15.3. The zero-order chi connectivity index (χ0) is 14.2. The summed E-state index contributed by atoms with van der Waals surface area (Å²) in [5.41, 5.74) is 6.77. The summed E-state index contributed by atoms with van der Waals surface area (Å²) < 4.78 is 5.92. The summed E-state index contributed by atoms with van der Waals surface area (Å²) in [6.45, 7) is 2.06. The van der Waals surface area contributed by atoms with Crippen molar-refractivity contribution < 1.29 is 9.53 Å². The average molecular weight is 267 g/mol. The maximum absolute atomic E-state index is 12.4. The quantitative estimate of drug-likeness (QED) is 0.927. The van der Waals surface area contributed by atoms with Crippen molar-refractivity contribution in [3.8, 4) is 11.5 Å². The number of hydrogen-bond donors (Lipinski definition) is 1. The number of carbonyl (C=O) groups is 1. The first-order valence-electron chi connectivity index (χ1n) is 6.87. The molecule has 2 aromatic carbocycles. The topological polar surface area (TPSA) is 52.3 Å². The largest absolute Gasteiger partial charge is 0.457 e. The van der Waals surface area contributed by atoms with Gasteiger partial charge < -0.3 is 10.5 Å². The van der Waals surface area contributed by atoms with Crippen LogP contribution < -0.4 is 10.5 Å². The molecule has 3 heteroatoms. The molecule has 2 aromatic rings. The molecule has 3 rings (SSSR count). The van der Waals surface area contributed by atoms with E-state index in [9.17, 15) is 4.79 Å². The Morgan fingerprint density at radius 2 is 1.55 bits per heavy atom. The number of carbonyl (C=O) groups excluding carboxylic acids is 1. The van der Waals surface area contributed by atoms with E-state index in [-0.39, 0.29) is 5.91 Å². The van der Waals surface area contributed by atoms with Gasteiger partial charge in [-0.05, 0) is 18.6 Å². The van der Waals surface area contributed by atoms with Crippen molar-refractivity contribution in [1.82, 2.24) is 0 Å². The van der Waals surface area contributed by atoms with Crippen molar-refractivity contribution in [3.63, 3.8) is 0 Å². The summed E-state index contributed by atoms with van der Waals surface area (Å²) in [5, 5.41) is 0. The van der Waals surface area contributed by atoms with E-state index in [4.69, 9.17) is 10.5 Å². The summed E-state index contributed by atoms with van der Waals surface area (Å²) >= 11 is 0. The van der Waals surface area contributed by atoms with Crippen molar-refractivity contribution >= 4 is 5.91 Å². The van der Waals surface area contributed by atoms with Crippen LogP contribution in [0.3, 0.4) is 0 Å². The van der Waals surface area contributed by atoms with E-state index in [1.54, 1.807) is 0 Å². The number of para-hydroxylation sites is 2. The first-order valence-corrected chi connectivity index (χ1v) is 6.87. The summed E-state index contributed by atoms with van der Waals surface area (Å²) in [7, 11) is 0. The Labute approximate surface area is 118 Å². The SMILES string of the molecule is CCCC1(C(N)=O)c2ccccc2Oc2ccccc21. The Morgan fingerprint density at radius 1 is 1.05 bits per heavy atom. The number of ether oxygens (including phenoxy) is 1. The lowest BCUT2D eigenvalue weighted by atomic mass is 9.69. The molecule has 0 bridgehead atoms. The highest BCUT2D eigenvalue weighted by atomic mass is 16.5. The van der Waals surface area contributed by atoms with Crippen LogP contribution in [0.5, 0.6) is 11.5 Å². The van der Waals surface area contributed by atoms with Crippen molar-refractivity contribution in [1.29, 1.82) is 0 Å². The lowest BCUT2D eigenvalue weighted by Crippen LogP contribution is -2.44. The fraction of sp³-hybridized carbons (Fsp3) is 0.235. The molecule has 102 valence electrons. The molecule has 0 unspecified atom stereocenters. The Hall–Kier alpha value is -2.29. The number of primary amides is 1. The minimum Gasteiger partial charge on any atom is -0.457 e. The highest BCUT2D eigenvalue weighted by Crippen LogP contribution is 2.50. The molecule has 1 heterocycles. The first kappa shape index (κ1) is 12.7. The van der Waals surface area contributed by atoms with Gasteiger partial charge in [-0.2, -0.15) is 0 Å². The van der Waals surface area contributed by atoms with E-state index in [2.05, 4.69) is 6.92 Å². The van der Waals surface area contributed by atoms with Crippen LogP contribution >= 0.6 is 0 Å². The molecule has 1 aliphatic heterocycles. The van der Waals surface area contributed by atoms with Crippen LogP contribution in [0.15, 0.2) is 48.5 Å². The molecule has 0 aromatic heterocycles. The second kappa shape index (κ2) is 4.67. The second-order valence-electron chi connectivity index (χ2n) is 5.11. The number of fused-ring (bicyclic) bond motifs is 2. The van der Waals surface area contributed by atoms with Crippen LogP contribution in [0.1, 0.15) is 30.9 Å². The molecule has 0 saturated heterocycles. The Bertz CT molecular complexity index is 618. The smallest absolute Gasteiger partial charge is 0.232 e. The predicted octanol–water partition coefficient (Wildman–Crippen LogP) is 3.36. The zero-order valence-electron chi connectivity index (χ0n) is 11.4. The van der Waals surface area contributed by atoms with Crippen molar-refractivity contribution in [2.24, 2.45) is 5.73 Å². The minimum atomic E-state index is -0.791. The zero-order valence-corrected chi connectivity index (χ0v) is 11.4. The lowest BCUT2D eigenvalue weighted by Gasteiger charge is -2.37. The molecular weight excluding hydrogens is 250 g/mol. The van der Waals surface area contributed by atoms with Gasteiger partial charge >= 0.3 is 0 Å². The van der Waals surface area contributed by atoms with Gasteiger partial charge in [-0.25, -0.2) is 0 Å². The predicted molar refractivity (Wildman–Crippen MR) is 77.8 cm³/mol. The molecule has 3 nitrogen and oxygen atoms in total. The Kier molecular flexibility index (Phi) is 2.97. The van der Waals surface area contributed by atoms with Gasteiger partial charge in [0.05, 0.1) is 0 Å². The number of nitrogens with two attached hydrogens (primary N) is 1. The van der Waals surface area contributed by atoms with Gasteiger partial charge in [0.1, 0.15) is 16.9 Å². The highest BCUT2D eigenvalue weighted by molar-refractivity contribution is 5.93. The van der Waals surface area contributed by atoms with Crippen molar-refractivity contribution in [3.05, 3.63) is 59.7 Å². The average Bonchev–Trinajstić information content (AvgIpc) is 2.46. The maximum atomic E-state index is 12.4. The Balaban J connectivity index is 2.34. The maximum Gasteiger partial charge on any atom is 0.232 e. The normalized spacial score (nSPS) is 14.8. The van der Waals surface area contributed by atoms with Gasteiger partial charge in [0, 0.05) is 11.1 Å². The molecule has 1 aliphatic rings. The minimum absolute atomic E-state index is 0.317. The lowest BCUT2D eigenvalue weighted by molar-refractivity contribution is -0.122. The molecule has 0 radical (unpaired) electrons. The summed E-state index contributed by atoms with van der Waals surface area (Å²) in [5.74, 6) is 1.12. The molecule has 20 heavy (non-hydrogen) atoms. The molecule has 0 saturated carbocycles. The van der Waals surface area contributed by atoms with Crippen LogP contribution in [0.4, 0.5) is 0 Å². The van der Waals surface area contributed by atoms with E-state index < -0.39 is 5.41 Å². The van der Waals surface area contributed by atoms with Gasteiger partial charge in [-0.1, -0.05) is 49.7 Å². The van der Waals surface area contributed by atoms with Gasteiger partial charge in [-0.15, -0.1) is 0 Å². The second-order valence-corrected chi connectivity index (χ2v) is 5.11. The van der Waals surface area contributed by atoms with E-state index in [1.807, 2.05) is 48.5 Å². The van der Waals surface area contributed by atoms with Crippen LogP contribution in [0.25, 0.3) is 0 Å². The molecule has 0 fully saturated rings. The summed E-state index contributed by atoms with van der Waals surface area (Å²) in [6.07, 6.45) is 1.55. The third kappa shape index (κ3) is 1.63. The van der Waals surface area contributed by atoms with Gasteiger partial charge in [0.25, 0.3) is 0 Å². The molecule has 0 atom stereocenters. The molecule has 0 aliphatic carbocycles. The third-order valence-corrected chi connectivity index (χ3v) is 3.96. The Morgan fingerprint density at radius 3 is 2.00 bits per heavy atom. The molecule has 0 spiro atoms. The molecule has 2 N–H and O–H groups in total. The van der Waals surface area contributed by atoms with Crippen LogP contribution in [-0.2, 0) is 10.2 Å². The monoisotopic (exact) mass is 267 g/mol. The fourth-order valence-electron chi connectivity index (χ4n) is 3.11. The van der Waals surface area contributed by atoms with Crippen molar-refractivity contribution in [2.75, 3.05) is 0 Å². The number of rotatable bonds is 3. The van der Waals surface area contributed by atoms with Gasteiger partial charge in [0.15, 0.2) is 0 Å². The standard InChI is InChI=1S/C17H17NO2/c1-2-11-17(16(18)19)12-7-3-5-9-14(12)20-15-10-6-4-8-13(15)17/h3-10H,2,11H2,1H3,(H2,18,19). The number of hydrogen-bond acceptors (Lipinski definition) is 2. The molecular formula is C17H17NO2. The highest BCUT2D eigenvalue weighted by Gasteiger charge is 2.46. The molecule has 1 amide bonds. The number of amides is 1. The van der Waals surface area contributed by atoms with Crippen molar-refractivity contribution in [2.45, 2.75) is 25.2 Å². The fourth-order valence-corrected chi connectivity index (χ4v) is 3.11.